The molecule has 0 saturated heterocycles. The minimum Gasteiger partial charge on any atom is -0.484 e. The second kappa shape index (κ2) is 5.09. The Hall–Kier alpha value is -0.910. The van der Waals surface area contributed by atoms with Crippen LogP contribution in [0.25, 0.3) is 0 Å². The van der Waals surface area contributed by atoms with Gasteiger partial charge in [-0.05, 0) is 28.1 Å². The number of ether oxygens (including phenoxy) is 1. The Kier molecular flexibility index (Phi) is 4.06. The zero-order chi connectivity index (χ0) is 10.6. The van der Waals surface area contributed by atoms with Crippen LogP contribution in [-0.4, -0.2) is 23.7 Å². The molecule has 0 spiro atoms. The molecule has 0 saturated carbocycles. The molecular formula is C9H10BrNO3. The number of carbonyl (C=O) groups excluding carboxylic acids is 1. The molecule has 1 rings (SSSR count). The third-order valence-corrected chi connectivity index (χ3v) is 2.19. The Morgan fingerprint density at radius 1 is 1.57 bits per heavy atom. The predicted octanol–water partition coefficient (Wildman–Crippen LogP) is 0.674. The van der Waals surface area contributed by atoms with Crippen LogP contribution < -0.4 is 10.5 Å². The highest BCUT2D eigenvalue weighted by atomic mass is 79.9. The molecule has 3 N–H and O–H groups in total. The van der Waals surface area contributed by atoms with Crippen LogP contribution in [0.4, 0.5) is 0 Å². The van der Waals surface area contributed by atoms with E-state index in [0.717, 1.165) is 4.47 Å². The molecule has 4 nitrogen and oxygen atoms in total. The van der Waals surface area contributed by atoms with E-state index in [9.17, 15) is 4.79 Å². The van der Waals surface area contributed by atoms with Crippen molar-refractivity contribution in [3.05, 3.63) is 28.7 Å². The molecule has 0 aliphatic heterocycles. The summed E-state index contributed by atoms with van der Waals surface area (Å²) in [5, 5.41) is 8.70. The molecule has 5 heteroatoms. The lowest BCUT2D eigenvalue weighted by molar-refractivity contribution is -0.128. The maximum Gasteiger partial charge on any atom is 0.213 e. The molecule has 0 aromatic heterocycles. The van der Waals surface area contributed by atoms with E-state index >= 15 is 0 Å². The predicted molar refractivity (Wildman–Crippen MR) is 54.8 cm³/mol. The number of ketones is 1. The normalized spacial score (nSPS) is 12.2. The van der Waals surface area contributed by atoms with Crippen molar-refractivity contribution in [3.63, 3.8) is 0 Å². The first kappa shape index (κ1) is 11.2. The van der Waals surface area contributed by atoms with E-state index in [0.29, 0.717) is 5.75 Å². The smallest absolute Gasteiger partial charge is 0.213 e. The molecule has 14 heavy (non-hydrogen) atoms. The highest BCUT2D eigenvalue weighted by molar-refractivity contribution is 9.10. The first-order chi connectivity index (χ1) is 6.61. The van der Waals surface area contributed by atoms with Gasteiger partial charge in [-0.1, -0.05) is 12.1 Å². The van der Waals surface area contributed by atoms with Crippen LogP contribution in [0.3, 0.4) is 0 Å². The fourth-order valence-electron chi connectivity index (χ4n) is 0.796. The van der Waals surface area contributed by atoms with Gasteiger partial charge in [-0.3, -0.25) is 10.5 Å². The van der Waals surface area contributed by atoms with Gasteiger partial charge in [-0.25, -0.2) is 0 Å². The van der Waals surface area contributed by atoms with E-state index < -0.39 is 12.0 Å². The fourth-order valence-corrected chi connectivity index (χ4v) is 1.20. The largest absolute Gasteiger partial charge is 0.484 e. The summed E-state index contributed by atoms with van der Waals surface area (Å²) in [5.74, 6) is -0.0118. The second-order valence-electron chi connectivity index (χ2n) is 2.63. The molecule has 0 aliphatic carbocycles. The van der Waals surface area contributed by atoms with Crippen LogP contribution in [0.2, 0.25) is 0 Å². The zero-order valence-electron chi connectivity index (χ0n) is 7.31. The molecule has 1 aromatic carbocycles. The van der Waals surface area contributed by atoms with Crippen molar-refractivity contribution >= 4 is 21.7 Å². The summed E-state index contributed by atoms with van der Waals surface area (Å²) in [6.07, 6.45) is -1.47. The highest BCUT2D eigenvalue weighted by Gasteiger charge is 2.10. The van der Waals surface area contributed by atoms with Gasteiger partial charge < -0.3 is 9.84 Å². The Balaban J connectivity index is 2.54. The number of hydrogen-bond acceptors (Lipinski definition) is 4. The standard InChI is InChI=1S/C9H10BrNO3/c10-6-3-1-2-4-8(6)14-5-7(12)9(11)13/h1-4,9,13H,5,11H2. The molecule has 0 heterocycles. The van der Waals surface area contributed by atoms with Crippen molar-refractivity contribution in [2.24, 2.45) is 5.73 Å². The second-order valence-corrected chi connectivity index (χ2v) is 3.48. The molecule has 0 amide bonds. The first-order valence-electron chi connectivity index (χ1n) is 3.95. The number of Topliss-reactive ketones (excluding diaryl/α,β-unsaturated/α-hetero) is 1. The van der Waals surface area contributed by atoms with E-state index in [4.69, 9.17) is 15.6 Å². The molecule has 1 unspecified atom stereocenters. The van der Waals surface area contributed by atoms with Crippen molar-refractivity contribution in [1.29, 1.82) is 0 Å². The monoisotopic (exact) mass is 259 g/mol. The van der Waals surface area contributed by atoms with Crippen LogP contribution in [0.15, 0.2) is 28.7 Å². The van der Waals surface area contributed by atoms with E-state index in [1.54, 1.807) is 18.2 Å². The maximum absolute atomic E-state index is 10.9. The van der Waals surface area contributed by atoms with Gasteiger partial charge in [-0.15, -0.1) is 0 Å². The summed E-state index contributed by atoms with van der Waals surface area (Å²) >= 11 is 3.25. The summed E-state index contributed by atoms with van der Waals surface area (Å²) < 4.78 is 5.87. The highest BCUT2D eigenvalue weighted by Crippen LogP contribution is 2.23. The summed E-state index contributed by atoms with van der Waals surface area (Å²) in [4.78, 5) is 10.9. The van der Waals surface area contributed by atoms with Gasteiger partial charge in [-0.2, -0.15) is 0 Å². The summed E-state index contributed by atoms with van der Waals surface area (Å²) in [7, 11) is 0. The molecule has 0 radical (unpaired) electrons. The Labute approximate surface area is 89.8 Å². The third kappa shape index (κ3) is 3.10. The number of rotatable bonds is 4. The third-order valence-electron chi connectivity index (χ3n) is 1.54. The Morgan fingerprint density at radius 2 is 2.21 bits per heavy atom. The van der Waals surface area contributed by atoms with Gasteiger partial charge in [0.1, 0.15) is 5.75 Å². The minimum atomic E-state index is -1.47. The van der Waals surface area contributed by atoms with Gasteiger partial charge in [0.25, 0.3) is 0 Å². The maximum atomic E-state index is 10.9. The number of carbonyl (C=O) groups is 1. The molecule has 0 bridgehead atoms. The first-order valence-corrected chi connectivity index (χ1v) is 4.74. The zero-order valence-corrected chi connectivity index (χ0v) is 8.90. The summed E-state index contributed by atoms with van der Waals surface area (Å²) in [6.45, 7) is -0.236. The van der Waals surface area contributed by atoms with Gasteiger partial charge in [0.15, 0.2) is 12.8 Å². The fraction of sp³-hybridized carbons (Fsp3) is 0.222. The number of aliphatic hydroxyl groups is 1. The lowest BCUT2D eigenvalue weighted by Crippen LogP contribution is -2.33. The van der Waals surface area contributed by atoms with Gasteiger partial charge in [0, 0.05) is 0 Å². The lowest BCUT2D eigenvalue weighted by Gasteiger charge is -2.07. The molecule has 76 valence electrons. The number of nitrogens with two attached hydrogens (primary N) is 1. The Morgan fingerprint density at radius 3 is 2.79 bits per heavy atom. The average Bonchev–Trinajstić information content (AvgIpc) is 2.16. The van der Waals surface area contributed by atoms with E-state index in [2.05, 4.69) is 15.9 Å². The van der Waals surface area contributed by atoms with Gasteiger partial charge in [0.05, 0.1) is 4.47 Å². The summed E-state index contributed by atoms with van der Waals surface area (Å²) in [5.41, 5.74) is 4.95. The number of aliphatic hydroxyl groups excluding tert-OH is 1. The average molecular weight is 260 g/mol. The van der Waals surface area contributed by atoms with Crippen LogP contribution in [-0.2, 0) is 4.79 Å². The van der Waals surface area contributed by atoms with Crippen LogP contribution in [0.1, 0.15) is 0 Å². The van der Waals surface area contributed by atoms with E-state index in [1.807, 2.05) is 6.07 Å². The topological polar surface area (TPSA) is 72.5 Å². The number of hydrogen-bond donors (Lipinski definition) is 2. The van der Waals surface area contributed by atoms with Crippen molar-refractivity contribution < 1.29 is 14.6 Å². The van der Waals surface area contributed by atoms with Crippen molar-refractivity contribution in [2.75, 3.05) is 6.61 Å². The molecule has 0 aliphatic rings. The van der Waals surface area contributed by atoms with Crippen molar-refractivity contribution in [1.82, 2.24) is 0 Å². The SMILES string of the molecule is NC(O)C(=O)COc1ccccc1Br. The Bertz CT molecular complexity index is 328. The molecule has 1 aromatic rings. The van der Waals surface area contributed by atoms with Crippen molar-refractivity contribution in [2.45, 2.75) is 6.23 Å². The van der Waals surface area contributed by atoms with E-state index in [1.165, 1.54) is 0 Å². The van der Waals surface area contributed by atoms with Gasteiger partial charge in [0.2, 0.25) is 5.78 Å². The molecule has 1 atom stereocenters. The van der Waals surface area contributed by atoms with E-state index in [-0.39, 0.29) is 6.61 Å². The molecular weight excluding hydrogens is 250 g/mol. The van der Waals surface area contributed by atoms with Crippen LogP contribution >= 0.6 is 15.9 Å². The van der Waals surface area contributed by atoms with Crippen molar-refractivity contribution in [3.8, 4) is 5.75 Å². The lowest BCUT2D eigenvalue weighted by atomic mass is 10.3. The molecule has 0 fully saturated rings. The van der Waals surface area contributed by atoms with Gasteiger partial charge >= 0.3 is 0 Å². The number of para-hydroxylation sites is 1. The quantitative estimate of drug-likeness (QED) is 0.780. The minimum absolute atomic E-state index is 0.236. The number of halogens is 1. The number of benzene rings is 1. The summed E-state index contributed by atoms with van der Waals surface area (Å²) in [6, 6.07) is 7.11. The van der Waals surface area contributed by atoms with Crippen LogP contribution in [0, 0.1) is 0 Å². The van der Waals surface area contributed by atoms with Crippen LogP contribution in [0.5, 0.6) is 5.75 Å².